The second-order valence-corrected chi connectivity index (χ2v) is 4.85. The standard InChI is InChI=1S/C14H26N2O/c1-4-16(5-2)10-6-7-12(3)15-13-8-9-14(17)11-13/h11-12,15H,4-10H2,1-3H3. The highest BCUT2D eigenvalue weighted by molar-refractivity contribution is 5.92. The van der Waals surface area contributed by atoms with Gasteiger partial charge in [0.2, 0.25) is 0 Å². The van der Waals surface area contributed by atoms with E-state index in [-0.39, 0.29) is 5.78 Å². The normalized spacial score (nSPS) is 17.4. The maximum atomic E-state index is 11.1. The molecule has 0 aromatic rings. The zero-order valence-electron chi connectivity index (χ0n) is 11.5. The maximum absolute atomic E-state index is 11.1. The molecule has 0 aromatic carbocycles. The van der Waals surface area contributed by atoms with E-state index in [1.54, 1.807) is 6.08 Å². The van der Waals surface area contributed by atoms with Crippen LogP contribution in [0.25, 0.3) is 0 Å². The van der Waals surface area contributed by atoms with Crippen molar-refractivity contribution >= 4 is 5.78 Å². The van der Waals surface area contributed by atoms with Crippen LogP contribution in [0.1, 0.15) is 46.5 Å². The van der Waals surface area contributed by atoms with Crippen molar-refractivity contribution in [2.75, 3.05) is 19.6 Å². The third-order valence-corrected chi connectivity index (χ3v) is 3.41. The van der Waals surface area contributed by atoms with Crippen LogP contribution >= 0.6 is 0 Å². The molecule has 0 aliphatic heterocycles. The van der Waals surface area contributed by atoms with Crippen LogP contribution in [0.15, 0.2) is 11.8 Å². The summed E-state index contributed by atoms with van der Waals surface area (Å²) in [6.45, 7) is 10.1. The minimum Gasteiger partial charge on any atom is -0.386 e. The van der Waals surface area contributed by atoms with E-state index in [1.807, 2.05) is 0 Å². The molecular weight excluding hydrogens is 212 g/mol. The number of hydrogen-bond donors (Lipinski definition) is 1. The van der Waals surface area contributed by atoms with Crippen LogP contribution in [0.3, 0.4) is 0 Å². The van der Waals surface area contributed by atoms with E-state index in [0.717, 1.165) is 25.2 Å². The van der Waals surface area contributed by atoms with Crippen LogP contribution in [0.2, 0.25) is 0 Å². The lowest BCUT2D eigenvalue weighted by molar-refractivity contribution is -0.114. The molecule has 1 aliphatic rings. The fraction of sp³-hybridized carbons (Fsp3) is 0.786. The third-order valence-electron chi connectivity index (χ3n) is 3.41. The molecule has 1 N–H and O–H groups in total. The van der Waals surface area contributed by atoms with E-state index in [9.17, 15) is 4.79 Å². The van der Waals surface area contributed by atoms with Crippen LogP contribution in [0.4, 0.5) is 0 Å². The van der Waals surface area contributed by atoms with Crippen molar-refractivity contribution in [1.82, 2.24) is 10.2 Å². The fourth-order valence-corrected chi connectivity index (χ4v) is 2.26. The summed E-state index contributed by atoms with van der Waals surface area (Å²) < 4.78 is 0. The topological polar surface area (TPSA) is 32.3 Å². The van der Waals surface area contributed by atoms with Crippen molar-refractivity contribution in [1.29, 1.82) is 0 Å². The number of carbonyl (C=O) groups excluding carboxylic acids is 1. The van der Waals surface area contributed by atoms with Gasteiger partial charge in [-0.3, -0.25) is 4.79 Å². The van der Waals surface area contributed by atoms with E-state index in [4.69, 9.17) is 0 Å². The smallest absolute Gasteiger partial charge is 0.157 e. The zero-order chi connectivity index (χ0) is 12.7. The van der Waals surface area contributed by atoms with Gasteiger partial charge in [0.25, 0.3) is 0 Å². The Labute approximate surface area is 105 Å². The minimum atomic E-state index is 0.267. The summed E-state index contributed by atoms with van der Waals surface area (Å²) in [4.78, 5) is 13.5. The van der Waals surface area contributed by atoms with Gasteiger partial charge >= 0.3 is 0 Å². The van der Waals surface area contributed by atoms with Crippen LogP contribution in [0.5, 0.6) is 0 Å². The van der Waals surface area contributed by atoms with Gasteiger partial charge < -0.3 is 10.2 Å². The molecule has 1 unspecified atom stereocenters. The van der Waals surface area contributed by atoms with Gasteiger partial charge in [-0.25, -0.2) is 0 Å². The van der Waals surface area contributed by atoms with Gasteiger partial charge in [-0.15, -0.1) is 0 Å². The molecule has 0 fully saturated rings. The van der Waals surface area contributed by atoms with Crippen LogP contribution in [-0.4, -0.2) is 36.4 Å². The molecule has 0 aromatic heterocycles. The number of nitrogens with zero attached hydrogens (tertiary/aromatic N) is 1. The molecule has 0 heterocycles. The summed E-state index contributed by atoms with van der Waals surface area (Å²) in [6, 6.07) is 0.475. The molecule has 3 heteroatoms. The second-order valence-electron chi connectivity index (χ2n) is 4.85. The first-order chi connectivity index (χ1) is 8.15. The number of hydrogen-bond acceptors (Lipinski definition) is 3. The summed E-state index contributed by atoms with van der Waals surface area (Å²) in [7, 11) is 0. The van der Waals surface area contributed by atoms with E-state index in [0.29, 0.717) is 12.5 Å². The molecule has 98 valence electrons. The number of allylic oxidation sites excluding steroid dienone is 2. The number of nitrogens with one attached hydrogen (secondary N) is 1. The molecule has 0 saturated heterocycles. The quantitative estimate of drug-likeness (QED) is 0.704. The first-order valence-corrected chi connectivity index (χ1v) is 6.88. The Morgan fingerprint density at radius 2 is 2.06 bits per heavy atom. The van der Waals surface area contributed by atoms with E-state index in [2.05, 4.69) is 31.0 Å². The van der Waals surface area contributed by atoms with E-state index >= 15 is 0 Å². The van der Waals surface area contributed by atoms with Crippen molar-refractivity contribution in [2.45, 2.75) is 52.5 Å². The molecule has 0 amide bonds. The third kappa shape index (κ3) is 5.35. The summed E-state index contributed by atoms with van der Waals surface area (Å²) >= 11 is 0. The van der Waals surface area contributed by atoms with Crippen molar-refractivity contribution < 1.29 is 4.79 Å². The largest absolute Gasteiger partial charge is 0.386 e. The Balaban J connectivity index is 2.15. The van der Waals surface area contributed by atoms with Gasteiger partial charge in [0, 0.05) is 24.2 Å². The van der Waals surface area contributed by atoms with Gasteiger partial charge in [0.05, 0.1) is 0 Å². The van der Waals surface area contributed by atoms with Crippen molar-refractivity contribution in [3.8, 4) is 0 Å². The molecule has 1 rings (SSSR count). The Morgan fingerprint density at radius 3 is 2.59 bits per heavy atom. The zero-order valence-corrected chi connectivity index (χ0v) is 11.5. The van der Waals surface area contributed by atoms with Crippen LogP contribution in [0, 0.1) is 0 Å². The van der Waals surface area contributed by atoms with Gasteiger partial charge in [0.15, 0.2) is 5.78 Å². The van der Waals surface area contributed by atoms with Crippen LogP contribution in [-0.2, 0) is 4.79 Å². The lowest BCUT2D eigenvalue weighted by atomic mass is 10.1. The average molecular weight is 238 g/mol. The average Bonchev–Trinajstić information content (AvgIpc) is 2.70. The Kier molecular flexibility index (Phi) is 6.27. The van der Waals surface area contributed by atoms with Crippen LogP contribution < -0.4 is 5.32 Å². The van der Waals surface area contributed by atoms with Gasteiger partial charge in [-0.2, -0.15) is 0 Å². The van der Waals surface area contributed by atoms with Gasteiger partial charge in [0.1, 0.15) is 0 Å². The summed E-state index contributed by atoms with van der Waals surface area (Å²) in [5.74, 6) is 0.267. The monoisotopic (exact) mass is 238 g/mol. The molecule has 0 saturated carbocycles. The first kappa shape index (κ1) is 14.2. The van der Waals surface area contributed by atoms with Gasteiger partial charge in [-0.05, 0) is 45.8 Å². The molecule has 0 radical (unpaired) electrons. The van der Waals surface area contributed by atoms with E-state index < -0.39 is 0 Å². The summed E-state index contributed by atoms with van der Waals surface area (Å²) in [6.07, 6.45) is 5.74. The highest BCUT2D eigenvalue weighted by atomic mass is 16.1. The SMILES string of the molecule is CCN(CC)CCCC(C)NC1=CC(=O)CC1. The predicted molar refractivity (Wildman–Crippen MR) is 71.9 cm³/mol. The van der Waals surface area contributed by atoms with Crippen molar-refractivity contribution in [3.05, 3.63) is 11.8 Å². The first-order valence-electron chi connectivity index (χ1n) is 6.88. The molecule has 0 bridgehead atoms. The molecule has 17 heavy (non-hydrogen) atoms. The molecule has 0 spiro atoms. The maximum Gasteiger partial charge on any atom is 0.157 e. The van der Waals surface area contributed by atoms with Crippen molar-refractivity contribution in [2.24, 2.45) is 0 Å². The fourth-order valence-electron chi connectivity index (χ4n) is 2.26. The van der Waals surface area contributed by atoms with Crippen molar-refractivity contribution in [3.63, 3.8) is 0 Å². The lowest BCUT2D eigenvalue weighted by Gasteiger charge is -2.20. The lowest BCUT2D eigenvalue weighted by Crippen LogP contribution is -2.28. The Morgan fingerprint density at radius 1 is 1.35 bits per heavy atom. The predicted octanol–water partition coefficient (Wildman–Crippen LogP) is 2.33. The second kappa shape index (κ2) is 7.49. The highest BCUT2D eigenvalue weighted by Crippen LogP contribution is 2.13. The molecular formula is C14H26N2O. The summed E-state index contributed by atoms with van der Waals surface area (Å²) in [5.41, 5.74) is 1.13. The summed E-state index contributed by atoms with van der Waals surface area (Å²) in [5, 5.41) is 3.44. The van der Waals surface area contributed by atoms with Gasteiger partial charge in [-0.1, -0.05) is 13.8 Å². The number of rotatable bonds is 8. The number of ketones is 1. The molecule has 1 aliphatic carbocycles. The Bertz CT molecular complexity index is 269. The number of carbonyl (C=O) groups is 1. The van der Waals surface area contributed by atoms with E-state index in [1.165, 1.54) is 19.4 Å². The minimum absolute atomic E-state index is 0.267. The molecule has 3 nitrogen and oxygen atoms in total. The Hall–Kier alpha value is -0.830. The molecule has 1 atom stereocenters. The highest BCUT2D eigenvalue weighted by Gasteiger charge is 2.13.